The Kier molecular flexibility index (Phi) is 8.92. The normalized spacial score (nSPS) is 18.6. The molecule has 0 saturated carbocycles. The number of aromatic nitrogens is 1. The molecule has 0 spiro atoms. The minimum absolute atomic E-state index is 0.0434. The van der Waals surface area contributed by atoms with Gasteiger partial charge in [-0.15, -0.1) is 0 Å². The van der Waals surface area contributed by atoms with E-state index in [2.05, 4.69) is 4.98 Å². The van der Waals surface area contributed by atoms with E-state index in [1.165, 1.54) is 30.3 Å². The van der Waals surface area contributed by atoms with E-state index in [4.69, 9.17) is 81.7 Å². The van der Waals surface area contributed by atoms with Crippen molar-refractivity contribution in [2.45, 2.75) is 40.7 Å². The first kappa shape index (κ1) is 29.7. The Morgan fingerprint density at radius 1 is 1.03 bits per heavy atom. The number of ether oxygens (including phenoxy) is 4. The zero-order valence-corrected chi connectivity index (χ0v) is 20.6. The predicted molar refractivity (Wildman–Crippen MR) is 147 cm³/mol. The second kappa shape index (κ2) is 11.1. The number of aromatic amines is 1. The monoisotopic (exact) mass is 483 g/mol. The molecular weight excluding hydrogens is 461 g/mol. The molecule has 2 N–H and O–H groups in total. The molecule has 37 heavy (non-hydrogen) atoms. The third-order valence-corrected chi connectivity index (χ3v) is 6.10. The zero-order chi connectivity index (χ0) is 27.6. The molecule has 1 fully saturated rings. The molecule has 1 aliphatic heterocycles. The third-order valence-electron chi connectivity index (χ3n) is 6.10. The number of pyridine rings is 1. The van der Waals surface area contributed by atoms with Gasteiger partial charge in [-0.25, -0.2) is 0 Å². The maximum atomic E-state index is 12.9. The van der Waals surface area contributed by atoms with Crippen LogP contribution in [0.4, 0.5) is 0 Å². The molecule has 16 radical (unpaired) electrons. The molecule has 2 atom stereocenters. The Hall–Kier alpha value is -1.83. The van der Waals surface area contributed by atoms with Gasteiger partial charge in [-0.1, -0.05) is 40.2 Å². The van der Waals surface area contributed by atoms with E-state index in [1.54, 1.807) is 6.92 Å². The lowest BCUT2D eigenvalue weighted by atomic mass is 9.27. The van der Waals surface area contributed by atoms with Gasteiger partial charge in [-0.2, -0.15) is 0 Å². The van der Waals surface area contributed by atoms with Crippen molar-refractivity contribution in [3.63, 3.8) is 0 Å². The number of benzene rings is 1. The first-order valence-electron chi connectivity index (χ1n) is 11.5. The summed E-state index contributed by atoms with van der Waals surface area (Å²) in [5.41, 5.74) is -2.31. The van der Waals surface area contributed by atoms with E-state index < -0.39 is 21.2 Å². The summed E-state index contributed by atoms with van der Waals surface area (Å²) < 4.78 is 21.8. The molecule has 1 aromatic heterocycles. The standard InChI is InChI=1S/C22H21B8NO6/c1-2-15-16(32)9-17(36-11-14-10-34-7-8-35-14)31-18(15)20(25,26)19(23,24)12-3-5-13(6-4-12)37-22(30,33)21(27,28)29/h3-6,9,14,33H,2,7-8,10-11H2,1H3,(H,31,32). The van der Waals surface area contributed by atoms with Gasteiger partial charge in [-0.3, -0.25) is 4.79 Å². The van der Waals surface area contributed by atoms with Crippen molar-refractivity contribution in [2.24, 2.45) is 0 Å². The van der Waals surface area contributed by atoms with Crippen LogP contribution < -0.4 is 14.9 Å². The highest BCUT2D eigenvalue weighted by Crippen LogP contribution is 2.37. The maximum Gasteiger partial charge on any atom is 0.194 e. The van der Waals surface area contributed by atoms with E-state index in [0.29, 0.717) is 19.8 Å². The van der Waals surface area contributed by atoms with Crippen LogP contribution >= 0.6 is 0 Å². The molecule has 1 aliphatic rings. The Morgan fingerprint density at radius 3 is 2.22 bits per heavy atom. The summed E-state index contributed by atoms with van der Waals surface area (Å²) in [5, 5.41) is 3.91. The van der Waals surface area contributed by atoms with Crippen molar-refractivity contribution in [1.29, 1.82) is 0 Å². The first-order valence-corrected chi connectivity index (χ1v) is 11.5. The summed E-state index contributed by atoms with van der Waals surface area (Å²) in [6, 6.07) is 6.92. The van der Waals surface area contributed by atoms with E-state index in [1.807, 2.05) is 0 Å². The summed E-state index contributed by atoms with van der Waals surface area (Å²) in [5.74, 6) is 0.157. The summed E-state index contributed by atoms with van der Waals surface area (Å²) in [7, 11) is 47.8. The van der Waals surface area contributed by atoms with Gasteiger partial charge in [0.05, 0.1) is 74.7 Å². The van der Waals surface area contributed by atoms with Gasteiger partial charge >= 0.3 is 0 Å². The van der Waals surface area contributed by atoms with Gasteiger partial charge in [0.2, 0.25) is 0 Å². The molecule has 2 unspecified atom stereocenters. The van der Waals surface area contributed by atoms with Crippen molar-refractivity contribution < 1.29 is 24.1 Å². The van der Waals surface area contributed by atoms with Gasteiger partial charge in [0, 0.05) is 17.3 Å². The van der Waals surface area contributed by atoms with Crippen molar-refractivity contribution in [1.82, 2.24) is 4.98 Å². The van der Waals surface area contributed by atoms with Crippen LogP contribution in [0.15, 0.2) is 35.1 Å². The van der Waals surface area contributed by atoms with Crippen LogP contribution in [0.3, 0.4) is 0 Å². The second-order valence-electron chi connectivity index (χ2n) is 9.08. The topological polar surface area (TPSA) is 90.0 Å². The van der Waals surface area contributed by atoms with Gasteiger partial charge in [0.1, 0.15) is 24.1 Å². The Morgan fingerprint density at radius 2 is 1.68 bits per heavy atom. The van der Waals surface area contributed by atoms with Crippen LogP contribution in [-0.2, 0) is 26.3 Å². The molecule has 0 bridgehead atoms. The van der Waals surface area contributed by atoms with Crippen molar-refractivity contribution in [3.8, 4) is 11.6 Å². The van der Waals surface area contributed by atoms with Crippen LogP contribution in [0.25, 0.3) is 0 Å². The predicted octanol–water partition coefficient (Wildman–Crippen LogP) is -1.82. The quantitative estimate of drug-likeness (QED) is 0.307. The lowest BCUT2D eigenvalue weighted by molar-refractivity contribution is -0.102. The number of aliphatic hydroxyl groups is 1. The molecule has 174 valence electrons. The summed E-state index contributed by atoms with van der Waals surface area (Å²) >= 11 is 0. The van der Waals surface area contributed by atoms with Crippen LogP contribution in [0.5, 0.6) is 11.6 Å². The van der Waals surface area contributed by atoms with Crippen molar-refractivity contribution in [2.75, 3.05) is 26.4 Å². The van der Waals surface area contributed by atoms with E-state index >= 15 is 0 Å². The molecule has 15 heteroatoms. The summed E-state index contributed by atoms with van der Waals surface area (Å²) in [6.07, 6.45) is -0.0116. The molecule has 1 saturated heterocycles. The fourth-order valence-corrected chi connectivity index (χ4v) is 3.67. The second-order valence-corrected chi connectivity index (χ2v) is 9.08. The SMILES string of the molecule is [B]C([B])([B])C([B])(O)Oc1ccc(C([B])([B])C([B])([B])c2[nH]c(OCC3COCCO3)cc(=O)c2CC)cc1. The molecular formula is C22H21B8NO6. The van der Waals surface area contributed by atoms with Gasteiger partial charge in [0.15, 0.2) is 19.2 Å². The largest absolute Gasteiger partial charge is 0.476 e. The minimum atomic E-state index is -2.59. The van der Waals surface area contributed by atoms with Crippen LogP contribution in [0.1, 0.15) is 23.7 Å². The maximum absolute atomic E-state index is 12.9. The molecule has 7 nitrogen and oxygen atoms in total. The fraction of sp³-hybridized carbons (Fsp3) is 0.500. The number of rotatable bonds is 10. The third kappa shape index (κ3) is 6.43. The highest BCUT2D eigenvalue weighted by atomic mass is 16.6. The van der Waals surface area contributed by atoms with Crippen molar-refractivity contribution in [3.05, 3.63) is 57.4 Å². The van der Waals surface area contributed by atoms with Crippen LogP contribution in [0, 0.1) is 0 Å². The Bertz CT molecular complexity index is 1130. The van der Waals surface area contributed by atoms with Gasteiger partial charge < -0.3 is 29.0 Å². The first-order chi connectivity index (χ1) is 17.1. The van der Waals surface area contributed by atoms with E-state index in [9.17, 15) is 9.90 Å². The molecule has 3 rings (SSSR count). The molecule has 2 aromatic rings. The lowest BCUT2D eigenvalue weighted by Crippen LogP contribution is -2.53. The Labute approximate surface area is 227 Å². The zero-order valence-electron chi connectivity index (χ0n) is 20.6. The van der Waals surface area contributed by atoms with Gasteiger partial charge in [0.25, 0.3) is 0 Å². The molecule has 1 aromatic carbocycles. The minimum Gasteiger partial charge on any atom is -0.476 e. The smallest absolute Gasteiger partial charge is 0.194 e. The van der Waals surface area contributed by atoms with Crippen molar-refractivity contribution >= 4 is 62.8 Å². The summed E-state index contributed by atoms with van der Waals surface area (Å²) in [6.45, 7) is 3.21. The highest BCUT2D eigenvalue weighted by Gasteiger charge is 2.40. The van der Waals surface area contributed by atoms with Crippen LogP contribution in [-0.4, -0.2) is 111 Å². The molecule has 0 aliphatic carbocycles. The highest BCUT2D eigenvalue weighted by molar-refractivity contribution is 6.62. The number of nitrogens with one attached hydrogen (secondary N) is 1. The van der Waals surface area contributed by atoms with Gasteiger partial charge in [-0.05, 0) is 18.6 Å². The Balaban J connectivity index is 1.90. The van der Waals surface area contributed by atoms with Crippen LogP contribution in [0.2, 0.25) is 5.11 Å². The number of H-pyrrole nitrogens is 1. The number of hydrogen-bond donors (Lipinski definition) is 2. The molecule has 0 amide bonds. The average molecular weight is 482 g/mol. The van der Waals surface area contributed by atoms with E-state index in [-0.39, 0.29) is 53.0 Å². The average Bonchev–Trinajstić information content (AvgIpc) is 2.82. The number of hydrogen-bond acceptors (Lipinski definition) is 6. The summed E-state index contributed by atoms with van der Waals surface area (Å²) in [4.78, 5) is 15.9. The molecule has 2 heterocycles. The van der Waals surface area contributed by atoms with E-state index in [0.717, 1.165) is 0 Å². The fourth-order valence-electron chi connectivity index (χ4n) is 3.67. The lowest BCUT2D eigenvalue weighted by Gasteiger charge is -2.46.